The van der Waals surface area contributed by atoms with Gasteiger partial charge in [0.2, 0.25) is 0 Å². The van der Waals surface area contributed by atoms with Gasteiger partial charge in [-0.15, -0.1) is 0 Å². The van der Waals surface area contributed by atoms with E-state index < -0.39 is 0 Å². The highest BCUT2D eigenvalue weighted by Gasteiger charge is 2.03. The van der Waals surface area contributed by atoms with Crippen LogP contribution in [-0.4, -0.2) is 16.8 Å². The molecule has 22 heavy (non-hydrogen) atoms. The molecule has 2 aromatic rings. The van der Waals surface area contributed by atoms with Gasteiger partial charge in [0.1, 0.15) is 12.4 Å². The van der Waals surface area contributed by atoms with E-state index in [1.54, 1.807) is 6.07 Å². The summed E-state index contributed by atoms with van der Waals surface area (Å²) in [7, 11) is 0. The Labute approximate surface area is 134 Å². The Bertz CT molecular complexity index is 678. The lowest BCUT2D eigenvalue weighted by atomic mass is 10.1. The van der Waals surface area contributed by atoms with E-state index in [9.17, 15) is 10.2 Å². The summed E-state index contributed by atoms with van der Waals surface area (Å²) in [6.07, 6.45) is 0. The Kier molecular flexibility index (Phi) is 5.55. The van der Waals surface area contributed by atoms with Crippen LogP contribution < -0.4 is 4.74 Å². The molecule has 0 aromatic heterocycles. The molecule has 3 nitrogen and oxygen atoms in total. The Morgan fingerprint density at radius 2 is 1.86 bits per heavy atom. The number of benzene rings is 2. The van der Waals surface area contributed by atoms with Gasteiger partial charge in [0.25, 0.3) is 0 Å². The third-order valence-electron chi connectivity index (χ3n) is 2.98. The summed E-state index contributed by atoms with van der Waals surface area (Å²) in [6.45, 7) is 6.34. The summed E-state index contributed by atoms with van der Waals surface area (Å²) in [5.41, 5.74) is 1.82. The number of phenols is 2. The molecule has 0 radical (unpaired) electrons. The van der Waals surface area contributed by atoms with Gasteiger partial charge < -0.3 is 14.9 Å². The third kappa shape index (κ3) is 4.60. The highest BCUT2D eigenvalue weighted by molar-refractivity contribution is 8.06. The average molecular weight is 314 g/mol. The minimum Gasteiger partial charge on any atom is -0.504 e. The summed E-state index contributed by atoms with van der Waals surface area (Å²) in [5.74, 6) is 0.569. The number of para-hydroxylation sites is 1. The van der Waals surface area contributed by atoms with Gasteiger partial charge in [-0.25, -0.2) is 0 Å². The van der Waals surface area contributed by atoms with Gasteiger partial charge in [-0.05, 0) is 47.7 Å². The molecular formula is C18H18O3S. The first kappa shape index (κ1) is 16.0. The molecule has 0 aliphatic heterocycles. The fourth-order valence-electron chi connectivity index (χ4n) is 1.72. The predicted octanol–water partition coefficient (Wildman–Crippen LogP) is 4.78. The van der Waals surface area contributed by atoms with Crippen LogP contribution in [0.15, 0.2) is 65.4 Å². The lowest BCUT2D eigenvalue weighted by molar-refractivity contribution is 0.360. The molecule has 0 saturated heterocycles. The van der Waals surface area contributed by atoms with Crippen LogP contribution >= 0.6 is 11.8 Å². The fraction of sp³-hybridized carbons (Fsp3) is 0.111. The molecule has 0 fully saturated rings. The first-order valence-corrected chi connectivity index (χ1v) is 7.65. The molecule has 0 aliphatic rings. The normalized spacial score (nSPS) is 11.2. The maximum atomic E-state index is 9.52. The zero-order chi connectivity index (χ0) is 15.9. The standard InChI is InChI=1S/C18H18O3S/c1-13(15-8-9-17(19)18(20)10-15)12-22-14(2)11-21-16-6-4-3-5-7-16/h3-10,12,19-20H,2,11H2,1H3/b13-12+. The second-order valence-corrected chi connectivity index (χ2v) is 5.81. The van der Waals surface area contributed by atoms with Crippen molar-refractivity contribution in [2.45, 2.75) is 6.92 Å². The highest BCUT2D eigenvalue weighted by Crippen LogP contribution is 2.30. The first-order valence-electron chi connectivity index (χ1n) is 6.77. The maximum Gasteiger partial charge on any atom is 0.157 e. The molecular weight excluding hydrogens is 296 g/mol. The second kappa shape index (κ2) is 7.61. The van der Waals surface area contributed by atoms with E-state index >= 15 is 0 Å². The molecule has 0 saturated carbocycles. The van der Waals surface area contributed by atoms with E-state index in [1.807, 2.05) is 42.7 Å². The number of ether oxygens (including phenoxy) is 1. The topological polar surface area (TPSA) is 49.7 Å². The van der Waals surface area contributed by atoms with Crippen molar-refractivity contribution in [2.75, 3.05) is 6.61 Å². The number of hydrogen-bond donors (Lipinski definition) is 2. The average Bonchev–Trinajstić information content (AvgIpc) is 2.54. The van der Waals surface area contributed by atoms with Crippen molar-refractivity contribution in [2.24, 2.45) is 0 Å². The lowest BCUT2D eigenvalue weighted by Crippen LogP contribution is -1.96. The van der Waals surface area contributed by atoms with Gasteiger partial charge in [-0.1, -0.05) is 42.6 Å². The molecule has 0 bridgehead atoms. The Balaban J connectivity index is 1.90. The van der Waals surface area contributed by atoms with Crippen LogP contribution in [0.1, 0.15) is 12.5 Å². The van der Waals surface area contributed by atoms with Gasteiger partial charge in [-0.3, -0.25) is 0 Å². The van der Waals surface area contributed by atoms with Crippen molar-refractivity contribution >= 4 is 17.3 Å². The number of hydrogen-bond acceptors (Lipinski definition) is 4. The van der Waals surface area contributed by atoms with E-state index in [-0.39, 0.29) is 11.5 Å². The minimum atomic E-state index is -0.124. The van der Waals surface area contributed by atoms with Crippen LogP contribution in [0.2, 0.25) is 0 Å². The van der Waals surface area contributed by atoms with Crippen molar-refractivity contribution in [3.63, 3.8) is 0 Å². The molecule has 0 aliphatic carbocycles. The minimum absolute atomic E-state index is 0.120. The van der Waals surface area contributed by atoms with E-state index in [2.05, 4.69) is 6.58 Å². The lowest BCUT2D eigenvalue weighted by Gasteiger charge is -2.07. The van der Waals surface area contributed by atoms with Gasteiger partial charge in [0.05, 0.1) is 0 Å². The van der Waals surface area contributed by atoms with Crippen molar-refractivity contribution in [3.05, 3.63) is 71.0 Å². The van der Waals surface area contributed by atoms with Crippen LogP contribution in [0.25, 0.3) is 5.57 Å². The van der Waals surface area contributed by atoms with E-state index in [0.717, 1.165) is 21.8 Å². The number of aromatic hydroxyl groups is 2. The smallest absolute Gasteiger partial charge is 0.157 e. The Morgan fingerprint density at radius 3 is 2.55 bits per heavy atom. The molecule has 114 valence electrons. The SMILES string of the molecule is C=C(COc1ccccc1)S/C=C(\C)c1ccc(O)c(O)c1. The van der Waals surface area contributed by atoms with E-state index in [1.165, 1.54) is 23.9 Å². The summed E-state index contributed by atoms with van der Waals surface area (Å²) in [6, 6.07) is 14.3. The third-order valence-corrected chi connectivity index (χ3v) is 3.90. The van der Waals surface area contributed by atoms with Crippen LogP contribution in [0.5, 0.6) is 17.2 Å². The summed E-state index contributed by atoms with van der Waals surface area (Å²) in [5, 5.41) is 20.8. The van der Waals surface area contributed by atoms with Crippen LogP contribution in [-0.2, 0) is 0 Å². The van der Waals surface area contributed by atoms with Crippen molar-refractivity contribution in [3.8, 4) is 17.2 Å². The van der Waals surface area contributed by atoms with Gasteiger partial charge in [0.15, 0.2) is 11.5 Å². The van der Waals surface area contributed by atoms with E-state index in [4.69, 9.17) is 4.74 Å². The predicted molar refractivity (Wildman–Crippen MR) is 92.1 cm³/mol. The molecule has 0 heterocycles. The Morgan fingerprint density at radius 1 is 1.14 bits per heavy atom. The first-order chi connectivity index (χ1) is 10.6. The largest absolute Gasteiger partial charge is 0.504 e. The number of allylic oxidation sites excluding steroid dienone is 1. The summed E-state index contributed by atoms with van der Waals surface area (Å²) >= 11 is 1.48. The van der Waals surface area contributed by atoms with Gasteiger partial charge in [0, 0.05) is 4.91 Å². The second-order valence-electron chi connectivity index (χ2n) is 4.76. The van der Waals surface area contributed by atoms with Crippen LogP contribution in [0.4, 0.5) is 0 Å². The number of phenolic OH excluding ortho intramolecular Hbond substituents is 2. The van der Waals surface area contributed by atoms with E-state index in [0.29, 0.717) is 6.61 Å². The highest BCUT2D eigenvalue weighted by atomic mass is 32.2. The molecule has 0 amide bonds. The fourth-order valence-corrected chi connectivity index (χ4v) is 2.33. The molecule has 2 aromatic carbocycles. The zero-order valence-corrected chi connectivity index (χ0v) is 13.1. The number of thioether (sulfide) groups is 1. The summed E-state index contributed by atoms with van der Waals surface area (Å²) in [4.78, 5) is 0.881. The maximum absolute atomic E-state index is 9.52. The van der Waals surface area contributed by atoms with Crippen molar-refractivity contribution < 1.29 is 14.9 Å². The molecule has 0 unspecified atom stereocenters. The van der Waals surface area contributed by atoms with Crippen LogP contribution in [0.3, 0.4) is 0 Å². The van der Waals surface area contributed by atoms with Gasteiger partial charge >= 0.3 is 0 Å². The molecule has 4 heteroatoms. The Hall–Kier alpha value is -2.33. The van der Waals surface area contributed by atoms with Crippen molar-refractivity contribution in [1.82, 2.24) is 0 Å². The quantitative estimate of drug-likeness (QED) is 0.753. The molecule has 2 N–H and O–H groups in total. The summed E-state index contributed by atoms with van der Waals surface area (Å²) < 4.78 is 5.62. The van der Waals surface area contributed by atoms with Gasteiger partial charge in [-0.2, -0.15) is 0 Å². The van der Waals surface area contributed by atoms with Crippen LogP contribution in [0, 0.1) is 0 Å². The monoisotopic (exact) mass is 314 g/mol. The molecule has 2 rings (SSSR count). The molecule has 0 spiro atoms. The number of rotatable bonds is 6. The zero-order valence-electron chi connectivity index (χ0n) is 12.3. The molecule has 0 atom stereocenters. The van der Waals surface area contributed by atoms with Crippen molar-refractivity contribution in [1.29, 1.82) is 0 Å².